The third kappa shape index (κ3) is 5.24. The van der Waals surface area contributed by atoms with Crippen LogP contribution in [-0.2, 0) is 4.79 Å². The standard InChI is InChI=1S/C16H24N2OS2/c1-20-11-10-13(17)16(19)18-14-8-4-5-9-15(14)21-12-6-2-3-7-12/h4-5,8-9,12-13H,2-3,6-7,10-11,17H2,1H3,(H,18,19)/t13-/m0/s1. The topological polar surface area (TPSA) is 55.1 Å². The summed E-state index contributed by atoms with van der Waals surface area (Å²) >= 11 is 3.60. The average Bonchev–Trinajstić information content (AvgIpc) is 2.99. The first-order chi connectivity index (χ1) is 10.2. The third-order valence-electron chi connectivity index (χ3n) is 3.71. The maximum Gasteiger partial charge on any atom is 0.241 e. The van der Waals surface area contributed by atoms with Gasteiger partial charge in [0, 0.05) is 10.1 Å². The predicted molar refractivity (Wildman–Crippen MR) is 94.2 cm³/mol. The molecule has 0 unspecified atom stereocenters. The van der Waals surface area contributed by atoms with Crippen LogP contribution in [0.4, 0.5) is 5.69 Å². The van der Waals surface area contributed by atoms with Crippen LogP contribution in [-0.4, -0.2) is 29.2 Å². The zero-order chi connectivity index (χ0) is 15.1. The van der Waals surface area contributed by atoms with Crippen LogP contribution >= 0.6 is 23.5 Å². The molecule has 1 fully saturated rings. The zero-order valence-corrected chi connectivity index (χ0v) is 14.1. The highest BCUT2D eigenvalue weighted by atomic mass is 32.2. The first-order valence-electron chi connectivity index (χ1n) is 7.51. The summed E-state index contributed by atoms with van der Waals surface area (Å²) in [6.45, 7) is 0. The molecule has 1 amide bonds. The monoisotopic (exact) mass is 324 g/mol. The van der Waals surface area contributed by atoms with Gasteiger partial charge in [0.1, 0.15) is 0 Å². The number of rotatable bonds is 7. The first kappa shape index (κ1) is 16.7. The first-order valence-corrected chi connectivity index (χ1v) is 9.79. The van der Waals surface area contributed by atoms with Crippen molar-refractivity contribution in [3.05, 3.63) is 24.3 Å². The predicted octanol–water partition coefficient (Wildman–Crippen LogP) is 3.74. The summed E-state index contributed by atoms with van der Waals surface area (Å²) in [5.41, 5.74) is 6.83. The number of nitrogens with one attached hydrogen (secondary N) is 1. The number of nitrogens with two attached hydrogens (primary N) is 1. The highest BCUT2D eigenvalue weighted by Gasteiger charge is 2.19. The molecular formula is C16H24N2OS2. The van der Waals surface area contributed by atoms with Crippen LogP contribution in [0.1, 0.15) is 32.1 Å². The van der Waals surface area contributed by atoms with Crippen molar-refractivity contribution >= 4 is 35.1 Å². The molecule has 3 N–H and O–H groups in total. The zero-order valence-electron chi connectivity index (χ0n) is 12.5. The van der Waals surface area contributed by atoms with Crippen LogP contribution in [0.3, 0.4) is 0 Å². The number of hydrogen-bond donors (Lipinski definition) is 2. The van der Waals surface area contributed by atoms with Gasteiger partial charge in [-0.25, -0.2) is 0 Å². The molecule has 3 nitrogen and oxygen atoms in total. The molecule has 0 aromatic heterocycles. The maximum absolute atomic E-state index is 12.2. The van der Waals surface area contributed by atoms with Gasteiger partial charge in [-0.1, -0.05) is 25.0 Å². The molecule has 0 spiro atoms. The number of benzene rings is 1. The van der Waals surface area contributed by atoms with Gasteiger partial charge in [0.25, 0.3) is 0 Å². The Balaban J connectivity index is 1.97. The van der Waals surface area contributed by atoms with Crippen molar-refractivity contribution < 1.29 is 4.79 Å². The SMILES string of the molecule is CSCC[C@H](N)C(=O)Nc1ccccc1SC1CCCC1. The molecule has 1 aliphatic carbocycles. The quantitative estimate of drug-likeness (QED) is 0.802. The van der Waals surface area contributed by atoms with Crippen LogP contribution in [0.5, 0.6) is 0 Å². The van der Waals surface area contributed by atoms with E-state index in [1.54, 1.807) is 11.8 Å². The van der Waals surface area contributed by atoms with Crippen molar-refractivity contribution in [1.82, 2.24) is 0 Å². The average molecular weight is 325 g/mol. The lowest BCUT2D eigenvalue weighted by atomic mass is 10.2. The van der Waals surface area contributed by atoms with Gasteiger partial charge >= 0.3 is 0 Å². The second-order valence-electron chi connectivity index (χ2n) is 5.40. The molecular weight excluding hydrogens is 300 g/mol. The van der Waals surface area contributed by atoms with Gasteiger partial charge < -0.3 is 11.1 Å². The van der Waals surface area contributed by atoms with E-state index in [1.807, 2.05) is 36.2 Å². The Kier molecular flexibility index (Phi) is 6.93. The van der Waals surface area contributed by atoms with E-state index in [4.69, 9.17) is 5.73 Å². The summed E-state index contributed by atoms with van der Waals surface area (Å²) < 4.78 is 0. The van der Waals surface area contributed by atoms with Crippen LogP contribution in [0.2, 0.25) is 0 Å². The third-order valence-corrected chi connectivity index (χ3v) is 5.77. The van der Waals surface area contributed by atoms with Crippen molar-refractivity contribution in [3.8, 4) is 0 Å². The molecule has 1 aliphatic rings. The number of hydrogen-bond acceptors (Lipinski definition) is 4. The highest BCUT2D eigenvalue weighted by Crippen LogP contribution is 2.38. The summed E-state index contributed by atoms with van der Waals surface area (Å²) in [6, 6.07) is 7.62. The van der Waals surface area contributed by atoms with E-state index in [-0.39, 0.29) is 5.91 Å². The lowest BCUT2D eigenvalue weighted by Crippen LogP contribution is -2.36. The fourth-order valence-electron chi connectivity index (χ4n) is 2.46. The minimum atomic E-state index is -0.429. The fraction of sp³-hybridized carbons (Fsp3) is 0.562. The molecule has 1 saturated carbocycles. The lowest BCUT2D eigenvalue weighted by molar-refractivity contribution is -0.117. The Hall–Kier alpha value is -0.650. The van der Waals surface area contributed by atoms with E-state index in [0.29, 0.717) is 11.7 Å². The second-order valence-corrected chi connectivity index (χ2v) is 7.73. The van der Waals surface area contributed by atoms with Crippen molar-refractivity contribution in [2.45, 2.75) is 48.3 Å². The van der Waals surface area contributed by atoms with Gasteiger partial charge in [0.15, 0.2) is 0 Å². The summed E-state index contributed by atoms with van der Waals surface area (Å²) in [7, 11) is 0. The van der Waals surface area contributed by atoms with Crippen molar-refractivity contribution in [2.75, 3.05) is 17.3 Å². The largest absolute Gasteiger partial charge is 0.324 e. The Bertz CT molecular complexity index is 461. The van der Waals surface area contributed by atoms with E-state index >= 15 is 0 Å². The molecule has 116 valence electrons. The van der Waals surface area contributed by atoms with Crippen molar-refractivity contribution in [1.29, 1.82) is 0 Å². The molecule has 21 heavy (non-hydrogen) atoms. The smallest absolute Gasteiger partial charge is 0.241 e. The number of carbonyl (C=O) groups is 1. The molecule has 0 bridgehead atoms. The summed E-state index contributed by atoms with van der Waals surface area (Å²) in [5.74, 6) is 0.830. The number of anilines is 1. The van der Waals surface area contributed by atoms with Crippen LogP contribution in [0.25, 0.3) is 0 Å². The van der Waals surface area contributed by atoms with E-state index < -0.39 is 6.04 Å². The van der Waals surface area contributed by atoms with Gasteiger partial charge in [-0.3, -0.25) is 4.79 Å². The Morgan fingerprint density at radius 3 is 2.81 bits per heavy atom. The molecule has 0 radical (unpaired) electrons. The second kappa shape index (κ2) is 8.71. The molecule has 5 heteroatoms. The molecule has 0 heterocycles. The van der Waals surface area contributed by atoms with E-state index in [0.717, 1.165) is 16.3 Å². The molecule has 1 aromatic carbocycles. The number of carbonyl (C=O) groups excluding carboxylic acids is 1. The molecule has 0 saturated heterocycles. The number of amides is 1. The Morgan fingerprint density at radius 2 is 2.10 bits per heavy atom. The van der Waals surface area contributed by atoms with E-state index in [9.17, 15) is 4.79 Å². The van der Waals surface area contributed by atoms with Gasteiger partial charge in [0.05, 0.1) is 11.7 Å². The summed E-state index contributed by atoms with van der Waals surface area (Å²) in [4.78, 5) is 13.3. The number of thioether (sulfide) groups is 2. The molecule has 1 atom stereocenters. The molecule has 2 rings (SSSR count). The van der Waals surface area contributed by atoms with Gasteiger partial charge in [-0.2, -0.15) is 11.8 Å². The van der Waals surface area contributed by atoms with Crippen molar-refractivity contribution in [3.63, 3.8) is 0 Å². The summed E-state index contributed by atoms with van der Waals surface area (Å²) in [6.07, 6.45) is 7.95. The van der Waals surface area contributed by atoms with E-state index in [2.05, 4.69) is 11.4 Å². The van der Waals surface area contributed by atoms with Gasteiger partial charge in [0.2, 0.25) is 5.91 Å². The summed E-state index contributed by atoms with van der Waals surface area (Å²) in [5, 5.41) is 3.69. The lowest BCUT2D eigenvalue weighted by Gasteiger charge is -2.16. The maximum atomic E-state index is 12.2. The van der Waals surface area contributed by atoms with Crippen LogP contribution in [0.15, 0.2) is 29.2 Å². The van der Waals surface area contributed by atoms with Crippen molar-refractivity contribution in [2.24, 2.45) is 5.73 Å². The minimum Gasteiger partial charge on any atom is -0.324 e. The molecule has 0 aliphatic heterocycles. The van der Waals surface area contributed by atoms with Gasteiger partial charge in [-0.15, -0.1) is 11.8 Å². The normalized spacial score (nSPS) is 16.9. The fourth-order valence-corrected chi connectivity index (χ4v) is 4.28. The minimum absolute atomic E-state index is 0.0801. The van der Waals surface area contributed by atoms with Crippen LogP contribution < -0.4 is 11.1 Å². The molecule has 1 aromatic rings. The van der Waals surface area contributed by atoms with Crippen LogP contribution in [0, 0.1) is 0 Å². The highest BCUT2D eigenvalue weighted by molar-refractivity contribution is 8.00. The Labute approximate surface area is 135 Å². The van der Waals surface area contributed by atoms with E-state index in [1.165, 1.54) is 25.7 Å². The number of para-hydroxylation sites is 1. The van der Waals surface area contributed by atoms with Gasteiger partial charge in [-0.05, 0) is 43.4 Å². The Morgan fingerprint density at radius 1 is 1.38 bits per heavy atom.